The molecule has 0 aromatic carbocycles. The van der Waals surface area contributed by atoms with E-state index in [1.165, 1.54) is 10.5 Å². The van der Waals surface area contributed by atoms with Gasteiger partial charge in [-0.3, -0.25) is 14.1 Å². The number of hydrogen-bond acceptors (Lipinski definition) is 4. The van der Waals surface area contributed by atoms with Crippen molar-refractivity contribution in [2.75, 3.05) is 25.4 Å². The highest BCUT2D eigenvalue weighted by Crippen LogP contribution is 2.18. The molecule has 1 atom stereocenters. The van der Waals surface area contributed by atoms with Crippen molar-refractivity contribution in [3.05, 3.63) is 12.3 Å². The number of amides is 1. The van der Waals surface area contributed by atoms with E-state index >= 15 is 0 Å². The molecule has 0 bridgehead atoms. The van der Waals surface area contributed by atoms with Gasteiger partial charge < -0.3 is 5.32 Å². The molecule has 1 aliphatic rings. The van der Waals surface area contributed by atoms with Gasteiger partial charge in [0.2, 0.25) is 27.2 Å². The van der Waals surface area contributed by atoms with Gasteiger partial charge in [-0.05, 0) is 32.6 Å². The summed E-state index contributed by atoms with van der Waals surface area (Å²) in [7, 11) is -3.23. The third-order valence-electron chi connectivity index (χ3n) is 4.10. The molecular weight excluding hydrogens is 366 g/mol. The first-order chi connectivity index (χ1) is 11.9. The lowest BCUT2D eigenvalue weighted by Gasteiger charge is -2.28. The number of piperidine rings is 1. The van der Waals surface area contributed by atoms with Crippen molar-refractivity contribution in [3.63, 3.8) is 0 Å². The molecule has 0 aliphatic carbocycles. The molecule has 3 N–H and O–H groups in total. The summed E-state index contributed by atoms with van der Waals surface area (Å²) in [5.74, 6) is 0.0123. The average molecular weight is 396 g/mol. The van der Waals surface area contributed by atoms with Crippen LogP contribution in [-0.4, -0.2) is 52.8 Å². The third-order valence-corrected chi connectivity index (χ3v) is 6.23. The standard InChI is InChI=1S/C15H29N3O5S2/c1-2-9-17-25(22,23)13-6-4-3-5-10-16-15(19)14-7-11-18(12-8-14)24(20)21/h2,9,14,17H,3-8,10-13H2,1H3,(H,16,19)(H,20,21)/b9-2+. The van der Waals surface area contributed by atoms with E-state index in [2.05, 4.69) is 10.0 Å². The largest absolute Gasteiger partial charge is 0.356 e. The average Bonchev–Trinajstić information content (AvgIpc) is 2.59. The molecule has 1 unspecified atom stereocenters. The van der Waals surface area contributed by atoms with Gasteiger partial charge in [-0.2, -0.15) is 0 Å². The molecule has 25 heavy (non-hydrogen) atoms. The summed E-state index contributed by atoms with van der Waals surface area (Å²) in [4.78, 5) is 12.0. The zero-order chi connectivity index (χ0) is 18.7. The first-order valence-electron chi connectivity index (χ1n) is 8.60. The van der Waals surface area contributed by atoms with Gasteiger partial charge in [0.25, 0.3) is 0 Å². The number of nitrogens with one attached hydrogen (secondary N) is 2. The highest BCUT2D eigenvalue weighted by molar-refractivity contribution is 7.89. The van der Waals surface area contributed by atoms with E-state index in [1.807, 2.05) is 0 Å². The van der Waals surface area contributed by atoms with Crippen molar-refractivity contribution in [3.8, 4) is 0 Å². The van der Waals surface area contributed by atoms with Crippen molar-refractivity contribution >= 4 is 27.2 Å². The van der Waals surface area contributed by atoms with E-state index in [4.69, 9.17) is 4.55 Å². The maximum absolute atomic E-state index is 12.0. The number of unbranched alkanes of at least 4 members (excludes halogenated alkanes) is 3. The molecule has 1 amide bonds. The molecule has 1 heterocycles. The van der Waals surface area contributed by atoms with E-state index in [-0.39, 0.29) is 17.6 Å². The molecule has 8 nitrogen and oxygen atoms in total. The van der Waals surface area contributed by atoms with E-state index in [9.17, 15) is 17.4 Å². The zero-order valence-corrected chi connectivity index (χ0v) is 16.3. The van der Waals surface area contributed by atoms with Gasteiger partial charge >= 0.3 is 0 Å². The maximum atomic E-state index is 12.0. The van der Waals surface area contributed by atoms with Crippen LogP contribution in [0.2, 0.25) is 0 Å². The molecule has 1 fully saturated rings. The number of carbonyl (C=O) groups is 1. The van der Waals surface area contributed by atoms with Gasteiger partial charge in [0.05, 0.1) is 5.75 Å². The lowest BCUT2D eigenvalue weighted by Crippen LogP contribution is -2.41. The quantitative estimate of drug-likeness (QED) is 0.356. The van der Waals surface area contributed by atoms with E-state index in [1.54, 1.807) is 13.0 Å². The lowest BCUT2D eigenvalue weighted by atomic mass is 9.97. The topological polar surface area (TPSA) is 116 Å². The Kier molecular flexibility index (Phi) is 10.2. The van der Waals surface area contributed by atoms with Gasteiger partial charge in [-0.25, -0.2) is 16.9 Å². The highest BCUT2D eigenvalue weighted by atomic mass is 32.2. The third kappa shape index (κ3) is 9.34. The Morgan fingerprint density at radius 1 is 1.24 bits per heavy atom. The van der Waals surface area contributed by atoms with Crippen LogP contribution >= 0.6 is 0 Å². The van der Waals surface area contributed by atoms with Crippen LogP contribution in [0.25, 0.3) is 0 Å². The lowest BCUT2D eigenvalue weighted by molar-refractivity contribution is -0.126. The second-order valence-corrected chi connectivity index (χ2v) is 8.93. The Morgan fingerprint density at radius 3 is 2.48 bits per heavy atom. The fraction of sp³-hybridized carbons (Fsp3) is 0.800. The van der Waals surface area contributed by atoms with Crippen molar-refractivity contribution in [1.29, 1.82) is 0 Å². The molecule has 0 aromatic rings. The Labute approximate surface area is 152 Å². The number of allylic oxidation sites excluding steroid dienone is 1. The van der Waals surface area contributed by atoms with Crippen LogP contribution in [0, 0.1) is 5.92 Å². The number of nitrogens with zero attached hydrogens (tertiary/aromatic N) is 1. The normalized spacial score (nSPS) is 18.3. The van der Waals surface area contributed by atoms with Crippen LogP contribution in [0.5, 0.6) is 0 Å². The predicted molar refractivity (Wildman–Crippen MR) is 98.3 cm³/mol. The molecular formula is C15H29N3O5S2. The minimum atomic E-state index is -3.23. The number of rotatable bonds is 11. The second-order valence-electron chi connectivity index (χ2n) is 6.08. The summed E-state index contributed by atoms with van der Waals surface area (Å²) in [5, 5.41) is 2.90. The highest BCUT2D eigenvalue weighted by Gasteiger charge is 2.26. The van der Waals surface area contributed by atoms with Crippen molar-refractivity contribution in [1.82, 2.24) is 14.3 Å². The summed E-state index contributed by atoms with van der Waals surface area (Å²) in [5.41, 5.74) is 0. The summed E-state index contributed by atoms with van der Waals surface area (Å²) < 4.78 is 46.8. The second kappa shape index (κ2) is 11.6. The Morgan fingerprint density at radius 2 is 1.88 bits per heavy atom. The van der Waals surface area contributed by atoms with Crippen molar-refractivity contribution in [2.24, 2.45) is 5.92 Å². The van der Waals surface area contributed by atoms with Crippen molar-refractivity contribution < 1.29 is 22.0 Å². The van der Waals surface area contributed by atoms with Crippen LogP contribution in [0.15, 0.2) is 12.3 Å². The molecule has 0 aromatic heterocycles. The Hall–Kier alpha value is -0.970. The number of carbonyl (C=O) groups excluding carboxylic acids is 1. The monoisotopic (exact) mass is 395 g/mol. The summed E-state index contributed by atoms with van der Waals surface area (Å²) in [6.07, 6.45) is 7.30. The van der Waals surface area contributed by atoms with E-state index in [0.717, 1.165) is 19.3 Å². The number of sulfonamides is 1. The fourth-order valence-electron chi connectivity index (χ4n) is 2.63. The van der Waals surface area contributed by atoms with Crippen LogP contribution in [0.4, 0.5) is 0 Å². The van der Waals surface area contributed by atoms with Crippen molar-refractivity contribution in [2.45, 2.75) is 45.4 Å². The zero-order valence-electron chi connectivity index (χ0n) is 14.6. The summed E-state index contributed by atoms with van der Waals surface area (Å²) in [6, 6.07) is 0. The van der Waals surface area contributed by atoms with Crippen LogP contribution in [0.3, 0.4) is 0 Å². The minimum Gasteiger partial charge on any atom is -0.356 e. The first-order valence-corrected chi connectivity index (χ1v) is 11.3. The molecule has 1 aliphatic heterocycles. The molecule has 0 radical (unpaired) electrons. The number of hydrogen-bond donors (Lipinski definition) is 3. The smallest absolute Gasteiger partial charge is 0.234 e. The Balaban J connectivity index is 2.06. The first kappa shape index (κ1) is 22.1. The summed E-state index contributed by atoms with van der Waals surface area (Å²) >= 11 is -1.95. The van der Waals surface area contributed by atoms with Crippen LogP contribution in [0.1, 0.15) is 45.4 Å². The predicted octanol–water partition coefficient (Wildman–Crippen LogP) is 0.965. The van der Waals surface area contributed by atoms with Gasteiger partial charge in [0.1, 0.15) is 0 Å². The molecule has 10 heteroatoms. The maximum Gasteiger partial charge on any atom is 0.234 e. The fourth-order valence-corrected chi connectivity index (χ4v) is 4.20. The van der Waals surface area contributed by atoms with Gasteiger partial charge in [-0.1, -0.05) is 18.9 Å². The SMILES string of the molecule is C/C=C/NS(=O)(=O)CCCCCCNC(=O)C1CCN(S(=O)O)CC1. The van der Waals surface area contributed by atoms with Gasteiger partial charge in [0.15, 0.2) is 0 Å². The van der Waals surface area contributed by atoms with Gasteiger partial charge in [0, 0.05) is 31.8 Å². The van der Waals surface area contributed by atoms with Crippen LogP contribution in [-0.2, 0) is 26.1 Å². The molecule has 146 valence electrons. The van der Waals surface area contributed by atoms with E-state index in [0.29, 0.717) is 38.9 Å². The van der Waals surface area contributed by atoms with Crippen LogP contribution < -0.4 is 10.0 Å². The molecule has 1 rings (SSSR count). The molecule has 1 saturated heterocycles. The summed E-state index contributed by atoms with van der Waals surface area (Å²) in [6.45, 7) is 3.23. The molecule has 0 spiro atoms. The van der Waals surface area contributed by atoms with E-state index < -0.39 is 21.3 Å². The molecule has 0 saturated carbocycles. The Bertz CT molecular complexity index is 558. The van der Waals surface area contributed by atoms with Gasteiger partial charge in [-0.15, -0.1) is 0 Å². The minimum absolute atomic E-state index is 0.00139.